The first-order valence-electron chi connectivity index (χ1n) is 5.85. The minimum Gasteiger partial charge on any atom is -0.397 e. The second-order valence-corrected chi connectivity index (χ2v) is 4.70. The van der Waals surface area contributed by atoms with Crippen LogP contribution in [0.15, 0.2) is 30.6 Å². The van der Waals surface area contributed by atoms with E-state index in [2.05, 4.69) is 10.3 Å². The van der Waals surface area contributed by atoms with E-state index < -0.39 is 10.8 Å². The lowest BCUT2D eigenvalue weighted by Gasteiger charge is -2.10. The Balaban J connectivity index is 2.39. The zero-order chi connectivity index (χ0) is 15.6. The number of halogens is 1. The lowest BCUT2D eigenvalue weighted by Crippen LogP contribution is -2.15. The van der Waals surface area contributed by atoms with Gasteiger partial charge in [-0.15, -0.1) is 0 Å². The number of rotatable bonds is 3. The summed E-state index contributed by atoms with van der Waals surface area (Å²) in [6.07, 6.45) is 3.06. The Bertz CT molecular complexity index is 733. The minimum atomic E-state index is -0.641. The Hall–Kier alpha value is -2.67. The van der Waals surface area contributed by atoms with Crippen molar-refractivity contribution in [2.75, 3.05) is 11.1 Å². The average Bonchev–Trinajstić information content (AvgIpc) is 2.43. The summed E-state index contributed by atoms with van der Waals surface area (Å²) < 4.78 is 0. The second-order valence-electron chi connectivity index (χ2n) is 4.29. The Morgan fingerprint density at radius 3 is 2.81 bits per heavy atom. The zero-order valence-electron chi connectivity index (χ0n) is 11.0. The van der Waals surface area contributed by atoms with Crippen LogP contribution in [0.3, 0.4) is 0 Å². The molecule has 0 saturated heterocycles. The largest absolute Gasteiger partial charge is 0.397 e. The monoisotopic (exact) mass is 306 g/mol. The highest BCUT2D eigenvalue weighted by Gasteiger charge is 2.19. The molecular formula is C13H11ClN4O3. The summed E-state index contributed by atoms with van der Waals surface area (Å²) >= 11 is 5.82. The van der Waals surface area contributed by atoms with Crippen molar-refractivity contribution in [1.82, 2.24) is 4.98 Å². The normalized spacial score (nSPS) is 10.2. The van der Waals surface area contributed by atoms with Gasteiger partial charge in [0.2, 0.25) is 0 Å². The summed E-state index contributed by atoms with van der Waals surface area (Å²) in [6.45, 7) is 1.79. The molecule has 0 atom stereocenters. The lowest BCUT2D eigenvalue weighted by atomic mass is 10.1. The molecule has 0 aliphatic rings. The highest BCUT2D eigenvalue weighted by Crippen LogP contribution is 2.29. The maximum absolute atomic E-state index is 12.2. The third-order valence-corrected chi connectivity index (χ3v) is 3.17. The van der Waals surface area contributed by atoms with E-state index in [0.717, 1.165) is 17.7 Å². The van der Waals surface area contributed by atoms with Crippen LogP contribution in [0.5, 0.6) is 0 Å². The van der Waals surface area contributed by atoms with Gasteiger partial charge < -0.3 is 11.1 Å². The number of benzene rings is 1. The highest BCUT2D eigenvalue weighted by molar-refractivity contribution is 6.34. The first-order chi connectivity index (χ1) is 9.90. The Morgan fingerprint density at radius 2 is 2.19 bits per heavy atom. The number of carbonyl (C=O) groups is 1. The third kappa shape index (κ3) is 3.09. The van der Waals surface area contributed by atoms with Gasteiger partial charge >= 0.3 is 0 Å². The van der Waals surface area contributed by atoms with Gasteiger partial charge in [-0.2, -0.15) is 0 Å². The van der Waals surface area contributed by atoms with Crippen molar-refractivity contribution in [2.45, 2.75) is 6.92 Å². The van der Waals surface area contributed by atoms with Crippen LogP contribution in [-0.2, 0) is 0 Å². The van der Waals surface area contributed by atoms with Crippen molar-refractivity contribution in [2.24, 2.45) is 0 Å². The number of nitrogen functional groups attached to an aromatic ring is 1. The molecule has 21 heavy (non-hydrogen) atoms. The molecule has 7 nitrogen and oxygen atoms in total. The molecule has 0 aliphatic heterocycles. The number of carbonyl (C=O) groups excluding carboxylic acids is 1. The predicted octanol–water partition coefficient (Wildman–Crippen LogP) is 2.79. The van der Waals surface area contributed by atoms with Crippen molar-refractivity contribution in [3.8, 4) is 0 Å². The van der Waals surface area contributed by atoms with Gasteiger partial charge in [0.25, 0.3) is 11.6 Å². The maximum Gasteiger partial charge on any atom is 0.271 e. The molecule has 1 aromatic heterocycles. The van der Waals surface area contributed by atoms with Gasteiger partial charge in [0.15, 0.2) is 0 Å². The Kier molecular flexibility index (Phi) is 4.04. The number of nitrogens with one attached hydrogen (secondary N) is 1. The quantitative estimate of drug-likeness (QED) is 0.514. The molecule has 0 fully saturated rings. The van der Waals surface area contributed by atoms with Gasteiger partial charge in [-0.1, -0.05) is 11.6 Å². The number of nitro benzene ring substituents is 1. The van der Waals surface area contributed by atoms with E-state index in [-0.39, 0.29) is 22.0 Å². The number of amides is 1. The van der Waals surface area contributed by atoms with Crippen molar-refractivity contribution in [3.05, 3.63) is 56.9 Å². The molecule has 0 spiro atoms. The maximum atomic E-state index is 12.2. The van der Waals surface area contributed by atoms with E-state index in [1.54, 1.807) is 19.2 Å². The van der Waals surface area contributed by atoms with Crippen molar-refractivity contribution in [3.63, 3.8) is 0 Å². The molecule has 2 rings (SSSR count). The van der Waals surface area contributed by atoms with Crippen molar-refractivity contribution in [1.29, 1.82) is 0 Å². The third-order valence-electron chi connectivity index (χ3n) is 2.86. The fourth-order valence-corrected chi connectivity index (χ4v) is 1.89. The minimum absolute atomic E-state index is 0.0127. The summed E-state index contributed by atoms with van der Waals surface area (Å²) in [5.41, 5.74) is 6.63. The first kappa shape index (κ1) is 14.7. The number of aromatic nitrogens is 1. The number of nitrogens with two attached hydrogens (primary N) is 1. The van der Waals surface area contributed by atoms with E-state index in [1.165, 1.54) is 6.20 Å². The number of non-ortho nitro benzene ring substituents is 1. The van der Waals surface area contributed by atoms with Gasteiger partial charge in [-0.25, -0.2) is 0 Å². The van der Waals surface area contributed by atoms with Crippen LogP contribution < -0.4 is 11.1 Å². The number of hydrogen-bond donors (Lipinski definition) is 2. The summed E-state index contributed by atoms with van der Waals surface area (Å²) in [5.74, 6) is -0.589. The second kappa shape index (κ2) is 5.76. The number of aryl methyl sites for hydroxylation is 1. The molecule has 1 aromatic carbocycles. The van der Waals surface area contributed by atoms with Gasteiger partial charge in [-0.05, 0) is 18.6 Å². The van der Waals surface area contributed by atoms with Gasteiger partial charge in [0.05, 0.1) is 33.1 Å². The average molecular weight is 307 g/mol. The predicted molar refractivity (Wildman–Crippen MR) is 79.4 cm³/mol. The molecular weight excluding hydrogens is 296 g/mol. The first-order valence-corrected chi connectivity index (χ1v) is 6.23. The molecule has 0 saturated carbocycles. The van der Waals surface area contributed by atoms with E-state index in [4.69, 9.17) is 17.3 Å². The molecule has 108 valence electrons. The van der Waals surface area contributed by atoms with Gasteiger partial charge in [0.1, 0.15) is 0 Å². The van der Waals surface area contributed by atoms with Crippen LogP contribution in [0.2, 0.25) is 5.02 Å². The Labute approximate surface area is 124 Å². The summed E-state index contributed by atoms with van der Waals surface area (Å²) in [6, 6.07) is 3.91. The number of nitrogens with zero attached hydrogens (tertiary/aromatic N) is 2. The molecule has 3 N–H and O–H groups in total. The van der Waals surface area contributed by atoms with Crippen LogP contribution in [0.25, 0.3) is 0 Å². The highest BCUT2D eigenvalue weighted by atomic mass is 35.5. The number of hydrogen-bond acceptors (Lipinski definition) is 5. The Morgan fingerprint density at radius 1 is 1.48 bits per heavy atom. The van der Waals surface area contributed by atoms with Crippen LogP contribution in [-0.4, -0.2) is 15.8 Å². The topological polar surface area (TPSA) is 111 Å². The zero-order valence-corrected chi connectivity index (χ0v) is 11.7. The van der Waals surface area contributed by atoms with Gasteiger partial charge in [0, 0.05) is 18.3 Å². The van der Waals surface area contributed by atoms with E-state index in [1.807, 2.05) is 0 Å². The fraction of sp³-hybridized carbons (Fsp3) is 0.0769. The molecule has 0 aliphatic carbocycles. The number of nitro groups is 1. The van der Waals surface area contributed by atoms with Gasteiger partial charge in [-0.3, -0.25) is 19.9 Å². The van der Waals surface area contributed by atoms with E-state index in [9.17, 15) is 14.9 Å². The molecule has 1 amide bonds. The van der Waals surface area contributed by atoms with Crippen LogP contribution >= 0.6 is 11.6 Å². The fourth-order valence-electron chi connectivity index (χ4n) is 1.68. The molecule has 0 bridgehead atoms. The summed E-state index contributed by atoms with van der Waals surface area (Å²) in [5, 5.41) is 13.4. The number of pyridine rings is 1. The SMILES string of the molecule is Cc1ccncc1NC(=O)c1cc([N+](=O)[O-])cc(Cl)c1N. The van der Waals surface area contributed by atoms with E-state index >= 15 is 0 Å². The smallest absolute Gasteiger partial charge is 0.271 e. The van der Waals surface area contributed by atoms with Crippen molar-refractivity contribution < 1.29 is 9.72 Å². The van der Waals surface area contributed by atoms with Crippen LogP contribution in [0, 0.1) is 17.0 Å². The summed E-state index contributed by atoms with van der Waals surface area (Å²) in [4.78, 5) is 26.3. The van der Waals surface area contributed by atoms with E-state index in [0.29, 0.717) is 5.69 Å². The molecule has 0 radical (unpaired) electrons. The standard InChI is InChI=1S/C13H11ClN4O3/c1-7-2-3-16-6-11(7)17-13(19)9-4-8(18(20)21)5-10(14)12(9)15/h2-6H,15H2,1H3,(H,17,19). The molecule has 1 heterocycles. The lowest BCUT2D eigenvalue weighted by molar-refractivity contribution is -0.384. The molecule has 2 aromatic rings. The molecule has 8 heteroatoms. The number of anilines is 2. The molecule has 0 unspecified atom stereocenters. The van der Waals surface area contributed by atoms with Crippen LogP contribution in [0.4, 0.5) is 17.1 Å². The van der Waals surface area contributed by atoms with Crippen LogP contribution in [0.1, 0.15) is 15.9 Å². The van der Waals surface area contributed by atoms with Crippen molar-refractivity contribution >= 4 is 34.6 Å². The summed E-state index contributed by atoms with van der Waals surface area (Å²) in [7, 11) is 0.